The number of carbonyl (C=O) groups excluding carboxylic acids is 1. The van der Waals surface area contributed by atoms with Gasteiger partial charge in [-0.25, -0.2) is 0 Å². The third-order valence-corrected chi connectivity index (χ3v) is 3.66. The van der Waals surface area contributed by atoms with Gasteiger partial charge in [0, 0.05) is 16.8 Å². The zero-order valence-corrected chi connectivity index (χ0v) is 9.55. The Hall–Kier alpha value is -1.06. The summed E-state index contributed by atoms with van der Waals surface area (Å²) in [6.07, 6.45) is 2.81. The van der Waals surface area contributed by atoms with Crippen molar-refractivity contribution in [3.63, 3.8) is 0 Å². The van der Waals surface area contributed by atoms with E-state index >= 15 is 0 Å². The molecule has 0 bridgehead atoms. The smallest absolute Gasteiger partial charge is 0.228 e. The van der Waals surface area contributed by atoms with E-state index in [2.05, 4.69) is 5.32 Å². The first-order chi connectivity index (χ1) is 7.65. The van der Waals surface area contributed by atoms with Gasteiger partial charge in [0.05, 0.1) is 6.42 Å². The van der Waals surface area contributed by atoms with Crippen molar-refractivity contribution in [2.75, 3.05) is 5.32 Å². The number of fused-ring (bicyclic) bond motifs is 1. The molecule has 1 aromatic rings. The largest absolute Gasteiger partial charge is 0.325 e. The Morgan fingerprint density at radius 2 is 2.19 bits per heavy atom. The van der Waals surface area contributed by atoms with Crippen LogP contribution in [-0.4, -0.2) is 5.91 Å². The van der Waals surface area contributed by atoms with Gasteiger partial charge in [-0.05, 0) is 36.0 Å². The predicted molar refractivity (Wildman–Crippen MR) is 63.4 cm³/mol. The molecule has 2 aliphatic rings. The van der Waals surface area contributed by atoms with E-state index in [4.69, 9.17) is 17.3 Å². The molecule has 1 atom stereocenters. The lowest BCUT2D eigenvalue weighted by atomic mass is 9.99. The molecule has 3 nitrogen and oxygen atoms in total. The molecule has 3 rings (SSSR count). The SMILES string of the molecule is NC(c1cc2c(cc1Cl)NC(=O)C2)C1CC1. The summed E-state index contributed by atoms with van der Waals surface area (Å²) in [6, 6.07) is 3.83. The Balaban J connectivity index is 2.00. The van der Waals surface area contributed by atoms with Gasteiger partial charge < -0.3 is 11.1 Å². The standard InChI is InChI=1S/C12H13ClN2O/c13-9-5-10-7(4-11(16)15-10)3-8(9)12(14)6-1-2-6/h3,5-6,12H,1-2,4,14H2,(H,15,16). The molecule has 1 unspecified atom stereocenters. The van der Waals surface area contributed by atoms with Crippen molar-refractivity contribution in [3.8, 4) is 0 Å². The summed E-state index contributed by atoms with van der Waals surface area (Å²) < 4.78 is 0. The number of benzene rings is 1. The molecule has 4 heteroatoms. The topological polar surface area (TPSA) is 55.1 Å². The van der Waals surface area contributed by atoms with Crippen molar-refractivity contribution in [3.05, 3.63) is 28.3 Å². The highest BCUT2D eigenvalue weighted by atomic mass is 35.5. The highest BCUT2D eigenvalue weighted by molar-refractivity contribution is 6.32. The normalized spacial score (nSPS) is 20.5. The van der Waals surface area contributed by atoms with Gasteiger partial charge in [0.15, 0.2) is 0 Å². The number of halogens is 1. The molecule has 3 N–H and O–H groups in total. The fourth-order valence-electron chi connectivity index (χ4n) is 2.23. The van der Waals surface area contributed by atoms with Crippen LogP contribution in [0, 0.1) is 5.92 Å². The Morgan fingerprint density at radius 1 is 1.44 bits per heavy atom. The van der Waals surface area contributed by atoms with E-state index in [9.17, 15) is 4.79 Å². The molecule has 0 spiro atoms. The van der Waals surface area contributed by atoms with E-state index in [0.717, 1.165) is 16.8 Å². The minimum Gasteiger partial charge on any atom is -0.325 e. The number of nitrogens with two attached hydrogens (primary N) is 1. The fraction of sp³-hybridized carbons (Fsp3) is 0.417. The predicted octanol–water partition coefficient (Wildman–Crippen LogP) is 2.24. The lowest BCUT2D eigenvalue weighted by Gasteiger charge is -2.14. The number of nitrogens with one attached hydrogen (secondary N) is 1. The number of amides is 1. The van der Waals surface area contributed by atoms with E-state index in [1.165, 1.54) is 12.8 Å². The van der Waals surface area contributed by atoms with Crippen molar-refractivity contribution in [2.24, 2.45) is 11.7 Å². The van der Waals surface area contributed by atoms with Crippen LogP contribution in [-0.2, 0) is 11.2 Å². The summed E-state index contributed by atoms with van der Waals surface area (Å²) in [6.45, 7) is 0. The molecule has 1 aliphatic heterocycles. The summed E-state index contributed by atoms with van der Waals surface area (Å²) in [5, 5.41) is 3.45. The zero-order chi connectivity index (χ0) is 11.3. The van der Waals surface area contributed by atoms with Crippen LogP contribution in [0.25, 0.3) is 0 Å². The minimum absolute atomic E-state index is 0.0218. The van der Waals surface area contributed by atoms with E-state index in [-0.39, 0.29) is 11.9 Å². The molecule has 84 valence electrons. The van der Waals surface area contributed by atoms with Crippen LogP contribution in [0.2, 0.25) is 5.02 Å². The molecular formula is C12H13ClN2O. The molecular weight excluding hydrogens is 224 g/mol. The third kappa shape index (κ3) is 1.60. The molecule has 0 aromatic heterocycles. The Kier molecular flexibility index (Phi) is 2.19. The summed E-state index contributed by atoms with van der Waals surface area (Å²) >= 11 is 6.19. The number of anilines is 1. The Labute approximate surface area is 99.0 Å². The first kappa shape index (κ1) is 10.1. The quantitative estimate of drug-likeness (QED) is 0.828. The van der Waals surface area contributed by atoms with Crippen LogP contribution in [0.15, 0.2) is 12.1 Å². The first-order valence-electron chi connectivity index (χ1n) is 5.53. The maximum atomic E-state index is 11.3. The van der Waals surface area contributed by atoms with Gasteiger partial charge in [-0.2, -0.15) is 0 Å². The lowest BCUT2D eigenvalue weighted by molar-refractivity contribution is -0.115. The van der Waals surface area contributed by atoms with Crippen LogP contribution >= 0.6 is 11.6 Å². The van der Waals surface area contributed by atoms with Crippen LogP contribution in [0.3, 0.4) is 0 Å². The van der Waals surface area contributed by atoms with Gasteiger partial charge in [0.1, 0.15) is 0 Å². The maximum Gasteiger partial charge on any atom is 0.228 e. The van der Waals surface area contributed by atoms with Gasteiger partial charge in [0.25, 0.3) is 0 Å². The van der Waals surface area contributed by atoms with E-state index in [0.29, 0.717) is 17.4 Å². The third-order valence-electron chi connectivity index (χ3n) is 3.34. The van der Waals surface area contributed by atoms with Crippen molar-refractivity contribution < 1.29 is 4.79 Å². The van der Waals surface area contributed by atoms with Gasteiger partial charge in [-0.15, -0.1) is 0 Å². The summed E-state index contributed by atoms with van der Waals surface area (Å²) in [7, 11) is 0. The number of rotatable bonds is 2. The molecule has 1 heterocycles. The van der Waals surface area contributed by atoms with E-state index in [1.807, 2.05) is 12.1 Å². The maximum absolute atomic E-state index is 11.3. The number of hydrogen-bond donors (Lipinski definition) is 2. The molecule has 1 amide bonds. The Morgan fingerprint density at radius 3 is 2.88 bits per heavy atom. The summed E-state index contributed by atoms with van der Waals surface area (Å²) in [5.41, 5.74) is 8.97. The van der Waals surface area contributed by atoms with Crippen LogP contribution in [0.1, 0.15) is 30.0 Å². The van der Waals surface area contributed by atoms with Gasteiger partial charge in [-0.3, -0.25) is 4.79 Å². The van der Waals surface area contributed by atoms with Gasteiger partial charge >= 0.3 is 0 Å². The summed E-state index contributed by atoms with van der Waals surface area (Å²) in [5.74, 6) is 0.601. The van der Waals surface area contributed by atoms with Crippen molar-refractivity contribution in [1.82, 2.24) is 0 Å². The number of carbonyl (C=O) groups is 1. The van der Waals surface area contributed by atoms with Crippen molar-refractivity contribution >= 4 is 23.2 Å². The average Bonchev–Trinajstić information content (AvgIpc) is 3.00. The van der Waals surface area contributed by atoms with Gasteiger partial charge in [-0.1, -0.05) is 17.7 Å². The fourth-order valence-corrected chi connectivity index (χ4v) is 2.52. The lowest BCUT2D eigenvalue weighted by Crippen LogP contribution is -2.13. The van der Waals surface area contributed by atoms with E-state index in [1.54, 1.807) is 0 Å². The second-order valence-corrected chi connectivity index (χ2v) is 5.03. The zero-order valence-electron chi connectivity index (χ0n) is 8.79. The van der Waals surface area contributed by atoms with Crippen LogP contribution < -0.4 is 11.1 Å². The number of hydrogen-bond acceptors (Lipinski definition) is 2. The highest BCUT2D eigenvalue weighted by Crippen LogP contribution is 2.43. The Bertz CT molecular complexity index is 468. The van der Waals surface area contributed by atoms with Crippen LogP contribution in [0.5, 0.6) is 0 Å². The molecule has 0 radical (unpaired) electrons. The highest BCUT2D eigenvalue weighted by Gasteiger charge is 2.32. The molecule has 1 aliphatic carbocycles. The monoisotopic (exact) mass is 236 g/mol. The average molecular weight is 237 g/mol. The van der Waals surface area contributed by atoms with Crippen LogP contribution in [0.4, 0.5) is 5.69 Å². The summed E-state index contributed by atoms with van der Waals surface area (Å²) in [4.78, 5) is 11.3. The van der Waals surface area contributed by atoms with Crippen molar-refractivity contribution in [2.45, 2.75) is 25.3 Å². The first-order valence-corrected chi connectivity index (χ1v) is 5.90. The van der Waals surface area contributed by atoms with Gasteiger partial charge in [0.2, 0.25) is 5.91 Å². The molecule has 1 aromatic carbocycles. The van der Waals surface area contributed by atoms with Crippen molar-refractivity contribution in [1.29, 1.82) is 0 Å². The molecule has 0 saturated heterocycles. The molecule has 1 saturated carbocycles. The second kappa shape index (κ2) is 3.47. The van der Waals surface area contributed by atoms with E-state index < -0.39 is 0 Å². The molecule has 16 heavy (non-hydrogen) atoms. The minimum atomic E-state index is 0.0218. The second-order valence-electron chi connectivity index (χ2n) is 4.62. The molecule has 1 fully saturated rings.